The number of anilines is 2. The largest absolute Gasteiger partial charge is 0.377 e. The van der Waals surface area contributed by atoms with Gasteiger partial charge in [-0.3, -0.25) is 4.72 Å². The van der Waals surface area contributed by atoms with Crippen LogP contribution in [0.25, 0.3) is 10.8 Å². The molecule has 3 aromatic carbocycles. The van der Waals surface area contributed by atoms with Crippen molar-refractivity contribution in [2.24, 2.45) is 0 Å². The van der Waals surface area contributed by atoms with Gasteiger partial charge in [-0.1, -0.05) is 24.3 Å². The normalized spacial score (nSPS) is 11.5. The van der Waals surface area contributed by atoms with Crippen molar-refractivity contribution in [3.05, 3.63) is 60.7 Å². The molecule has 0 saturated heterocycles. The zero-order chi connectivity index (χ0) is 18.0. The van der Waals surface area contributed by atoms with Crippen molar-refractivity contribution in [1.82, 2.24) is 0 Å². The Hall–Kier alpha value is -2.18. The van der Waals surface area contributed by atoms with Gasteiger partial charge in [-0.2, -0.15) is 0 Å². The van der Waals surface area contributed by atoms with E-state index in [1.165, 1.54) is 0 Å². The minimum absolute atomic E-state index is 0.280. The second-order valence-corrected chi connectivity index (χ2v) is 8.39. The fourth-order valence-corrected chi connectivity index (χ4v) is 4.45. The van der Waals surface area contributed by atoms with Crippen LogP contribution >= 0.6 is 11.8 Å². The molecule has 3 aromatic rings. The number of fused-ring (bicyclic) bond motifs is 1. The molecule has 6 heteroatoms. The van der Waals surface area contributed by atoms with Gasteiger partial charge >= 0.3 is 0 Å². The quantitative estimate of drug-likeness (QED) is 0.673. The Kier molecular flexibility index (Phi) is 4.92. The molecule has 4 nitrogen and oxygen atoms in total. The first-order valence-electron chi connectivity index (χ1n) is 7.78. The molecule has 0 aliphatic heterocycles. The summed E-state index contributed by atoms with van der Waals surface area (Å²) >= 11 is 1.62. The predicted octanol–water partition coefficient (Wildman–Crippen LogP) is 4.43. The lowest BCUT2D eigenvalue weighted by molar-refractivity contribution is 0.602. The molecule has 130 valence electrons. The predicted molar refractivity (Wildman–Crippen MR) is 107 cm³/mol. The van der Waals surface area contributed by atoms with Gasteiger partial charge in [0.15, 0.2) is 0 Å². The van der Waals surface area contributed by atoms with Crippen LogP contribution in [0.2, 0.25) is 0 Å². The first-order valence-corrected chi connectivity index (χ1v) is 10.5. The molecule has 0 unspecified atom stereocenters. The average Bonchev–Trinajstić information content (AvgIpc) is 2.60. The van der Waals surface area contributed by atoms with E-state index in [1.54, 1.807) is 36.0 Å². The maximum atomic E-state index is 12.9. The van der Waals surface area contributed by atoms with Crippen LogP contribution in [0.1, 0.15) is 0 Å². The number of rotatable bonds is 5. The van der Waals surface area contributed by atoms with Gasteiger partial charge in [-0.15, -0.1) is 11.8 Å². The van der Waals surface area contributed by atoms with Crippen molar-refractivity contribution in [2.75, 3.05) is 30.0 Å². The SMILES string of the molecule is CSc1ccc(NS(=O)(=O)c2cccc3c(N(C)C)cccc23)cc1. The van der Waals surface area contributed by atoms with Gasteiger partial charge in [0.1, 0.15) is 0 Å². The average molecular weight is 373 g/mol. The van der Waals surface area contributed by atoms with E-state index in [9.17, 15) is 8.42 Å². The summed E-state index contributed by atoms with van der Waals surface area (Å²) in [5.74, 6) is 0. The maximum Gasteiger partial charge on any atom is 0.262 e. The smallest absolute Gasteiger partial charge is 0.262 e. The molecule has 0 radical (unpaired) electrons. The van der Waals surface area contributed by atoms with E-state index in [-0.39, 0.29) is 4.90 Å². The highest BCUT2D eigenvalue weighted by Crippen LogP contribution is 2.31. The van der Waals surface area contributed by atoms with Gasteiger partial charge in [0.05, 0.1) is 4.90 Å². The van der Waals surface area contributed by atoms with E-state index >= 15 is 0 Å². The number of nitrogens with one attached hydrogen (secondary N) is 1. The molecular weight excluding hydrogens is 352 g/mol. The number of benzene rings is 3. The van der Waals surface area contributed by atoms with Crippen LogP contribution in [0.5, 0.6) is 0 Å². The van der Waals surface area contributed by atoms with Crippen LogP contribution in [0, 0.1) is 0 Å². The van der Waals surface area contributed by atoms with Crippen molar-refractivity contribution >= 4 is 43.9 Å². The second kappa shape index (κ2) is 6.98. The van der Waals surface area contributed by atoms with Crippen LogP contribution in [-0.2, 0) is 10.0 Å². The number of hydrogen-bond donors (Lipinski definition) is 1. The molecule has 0 saturated carbocycles. The van der Waals surface area contributed by atoms with Crippen molar-refractivity contribution < 1.29 is 8.42 Å². The van der Waals surface area contributed by atoms with Crippen LogP contribution < -0.4 is 9.62 Å². The van der Waals surface area contributed by atoms with Gasteiger partial charge in [0, 0.05) is 41.1 Å². The minimum atomic E-state index is -3.68. The number of thioether (sulfide) groups is 1. The number of nitrogens with zero attached hydrogens (tertiary/aromatic N) is 1. The summed E-state index contributed by atoms with van der Waals surface area (Å²) in [6, 6.07) is 18.4. The van der Waals surface area contributed by atoms with Crippen LogP contribution in [-0.4, -0.2) is 28.8 Å². The molecule has 0 spiro atoms. The van der Waals surface area contributed by atoms with Crippen molar-refractivity contribution in [3.63, 3.8) is 0 Å². The summed E-state index contributed by atoms with van der Waals surface area (Å²) in [6.45, 7) is 0. The second-order valence-electron chi connectivity index (χ2n) is 5.86. The number of sulfonamides is 1. The molecular formula is C19H20N2O2S2. The Labute approximate surface area is 152 Å². The molecule has 0 aliphatic rings. The van der Waals surface area contributed by atoms with Gasteiger partial charge in [0.2, 0.25) is 0 Å². The van der Waals surface area contributed by atoms with Crippen molar-refractivity contribution in [2.45, 2.75) is 9.79 Å². The Morgan fingerprint density at radius 2 is 1.52 bits per heavy atom. The molecule has 0 heterocycles. The van der Waals surface area contributed by atoms with Gasteiger partial charge in [-0.25, -0.2) is 8.42 Å². The minimum Gasteiger partial charge on any atom is -0.377 e. The van der Waals surface area contributed by atoms with E-state index in [0.29, 0.717) is 11.1 Å². The first kappa shape index (κ1) is 17.6. The highest BCUT2D eigenvalue weighted by Gasteiger charge is 2.18. The van der Waals surface area contributed by atoms with Crippen LogP contribution in [0.15, 0.2) is 70.5 Å². The summed E-state index contributed by atoms with van der Waals surface area (Å²) < 4.78 is 28.5. The van der Waals surface area contributed by atoms with E-state index in [4.69, 9.17) is 0 Å². The molecule has 0 bridgehead atoms. The lowest BCUT2D eigenvalue weighted by Crippen LogP contribution is -2.14. The lowest BCUT2D eigenvalue weighted by Gasteiger charge is -2.17. The summed E-state index contributed by atoms with van der Waals surface area (Å²) in [6.07, 6.45) is 1.98. The summed E-state index contributed by atoms with van der Waals surface area (Å²) in [5, 5.41) is 1.62. The molecule has 0 amide bonds. The fourth-order valence-electron chi connectivity index (χ4n) is 2.76. The van der Waals surface area contributed by atoms with Gasteiger partial charge in [-0.05, 0) is 42.7 Å². The Balaban J connectivity index is 2.06. The Morgan fingerprint density at radius 1 is 0.880 bits per heavy atom. The van der Waals surface area contributed by atoms with Gasteiger partial charge in [0.25, 0.3) is 10.0 Å². The summed E-state index contributed by atoms with van der Waals surface area (Å²) in [5.41, 5.74) is 1.54. The fraction of sp³-hybridized carbons (Fsp3) is 0.158. The monoisotopic (exact) mass is 372 g/mol. The molecule has 0 fully saturated rings. The standard InChI is InChI=1S/C19H20N2O2S2/c1-21(2)18-8-4-7-17-16(18)6-5-9-19(17)25(22,23)20-14-10-12-15(24-3)13-11-14/h4-13,20H,1-3H3. The zero-order valence-corrected chi connectivity index (χ0v) is 16.0. The van der Waals surface area contributed by atoms with E-state index in [0.717, 1.165) is 16.0 Å². The van der Waals surface area contributed by atoms with E-state index < -0.39 is 10.0 Å². The van der Waals surface area contributed by atoms with E-state index in [2.05, 4.69) is 4.72 Å². The first-order chi connectivity index (χ1) is 11.9. The molecule has 3 rings (SSSR count). The molecule has 1 N–H and O–H groups in total. The summed E-state index contributed by atoms with van der Waals surface area (Å²) in [7, 11) is 0.215. The molecule has 0 aromatic heterocycles. The van der Waals surface area contributed by atoms with E-state index in [1.807, 2.05) is 61.6 Å². The maximum absolute atomic E-state index is 12.9. The van der Waals surface area contributed by atoms with Crippen LogP contribution in [0.4, 0.5) is 11.4 Å². The molecule has 0 aliphatic carbocycles. The zero-order valence-electron chi connectivity index (χ0n) is 14.4. The Bertz CT molecular complexity index is 998. The highest BCUT2D eigenvalue weighted by molar-refractivity contribution is 7.98. The molecule has 25 heavy (non-hydrogen) atoms. The highest BCUT2D eigenvalue weighted by atomic mass is 32.2. The lowest BCUT2D eigenvalue weighted by atomic mass is 10.1. The third kappa shape index (κ3) is 3.60. The molecule has 0 atom stereocenters. The Morgan fingerprint density at radius 3 is 2.16 bits per heavy atom. The topological polar surface area (TPSA) is 49.4 Å². The van der Waals surface area contributed by atoms with Gasteiger partial charge < -0.3 is 4.90 Å². The van der Waals surface area contributed by atoms with Crippen molar-refractivity contribution in [1.29, 1.82) is 0 Å². The third-order valence-electron chi connectivity index (χ3n) is 3.97. The summed E-state index contributed by atoms with van der Waals surface area (Å²) in [4.78, 5) is 3.35. The third-order valence-corrected chi connectivity index (χ3v) is 6.16. The van der Waals surface area contributed by atoms with Crippen molar-refractivity contribution in [3.8, 4) is 0 Å². The number of hydrogen-bond acceptors (Lipinski definition) is 4. The van der Waals surface area contributed by atoms with Crippen LogP contribution in [0.3, 0.4) is 0 Å².